The van der Waals surface area contributed by atoms with Gasteiger partial charge in [-0.15, -0.1) is 0 Å². The van der Waals surface area contributed by atoms with Gasteiger partial charge in [-0.1, -0.05) is 0 Å². The van der Waals surface area contributed by atoms with Gasteiger partial charge >= 0.3 is 0 Å². The van der Waals surface area contributed by atoms with Crippen molar-refractivity contribution in [2.45, 2.75) is 24.0 Å². The Labute approximate surface area is 109 Å². The summed E-state index contributed by atoms with van der Waals surface area (Å²) in [4.78, 5) is 12.8. The van der Waals surface area contributed by atoms with Gasteiger partial charge in [-0.3, -0.25) is 5.41 Å². The van der Waals surface area contributed by atoms with Crippen molar-refractivity contribution >= 4 is 17.6 Å². The Hall–Kier alpha value is -1.95. The molecule has 0 saturated carbocycles. The third-order valence-corrected chi connectivity index (χ3v) is 3.13. The minimum atomic E-state index is -0.00217. The minimum Gasteiger partial charge on any atom is -0.384 e. The molecular formula is C12H13N5S. The molecule has 92 valence electrons. The number of nitrogens with one attached hydrogen (secondary N) is 1. The van der Waals surface area contributed by atoms with Crippen molar-refractivity contribution in [1.29, 1.82) is 5.41 Å². The average molecular weight is 259 g/mol. The van der Waals surface area contributed by atoms with Crippen molar-refractivity contribution in [3.63, 3.8) is 0 Å². The van der Waals surface area contributed by atoms with Crippen LogP contribution < -0.4 is 5.73 Å². The fourth-order valence-corrected chi connectivity index (χ4v) is 2.33. The maximum absolute atomic E-state index is 7.54. The van der Waals surface area contributed by atoms with E-state index in [1.807, 2.05) is 26.0 Å². The van der Waals surface area contributed by atoms with Crippen LogP contribution in [0.3, 0.4) is 0 Å². The van der Waals surface area contributed by atoms with Crippen molar-refractivity contribution in [3.8, 4) is 0 Å². The number of nitrogens with zero attached hydrogens (tertiary/aromatic N) is 3. The van der Waals surface area contributed by atoms with E-state index < -0.39 is 0 Å². The summed E-state index contributed by atoms with van der Waals surface area (Å²) in [5.74, 6) is -0.00217. The molecule has 0 aromatic carbocycles. The Bertz CT molecular complexity index is 597. The second-order valence-corrected chi connectivity index (χ2v) is 4.76. The van der Waals surface area contributed by atoms with E-state index in [1.54, 1.807) is 12.3 Å². The quantitative estimate of drug-likeness (QED) is 0.499. The van der Waals surface area contributed by atoms with Gasteiger partial charge < -0.3 is 5.73 Å². The van der Waals surface area contributed by atoms with Gasteiger partial charge in [0, 0.05) is 23.1 Å². The number of amidine groups is 1. The summed E-state index contributed by atoms with van der Waals surface area (Å²) < 4.78 is 0. The fraction of sp³-hybridized carbons (Fsp3) is 0.167. The Morgan fingerprint density at radius 1 is 1.17 bits per heavy atom. The van der Waals surface area contributed by atoms with E-state index in [1.165, 1.54) is 11.8 Å². The van der Waals surface area contributed by atoms with E-state index in [4.69, 9.17) is 11.1 Å². The van der Waals surface area contributed by atoms with Crippen molar-refractivity contribution in [2.24, 2.45) is 5.73 Å². The van der Waals surface area contributed by atoms with E-state index in [-0.39, 0.29) is 5.84 Å². The summed E-state index contributed by atoms with van der Waals surface area (Å²) in [6, 6.07) is 5.46. The third-order valence-electron chi connectivity index (χ3n) is 2.25. The summed E-state index contributed by atoms with van der Waals surface area (Å²) in [5, 5.41) is 8.81. The van der Waals surface area contributed by atoms with E-state index in [9.17, 15) is 0 Å². The largest absolute Gasteiger partial charge is 0.384 e. The molecule has 0 spiro atoms. The van der Waals surface area contributed by atoms with Gasteiger partial charge in [0.25, 0.3) is 0 Å². The highest BCUT2D eigenvalue weighted by Gasteiger charge is 2.10. The van der Waals surface area contributed by atoms with Gasteiger partial charge in [-0.05, 0) is 43.8 Å². The molecule has 0 radical (unpaired) electrons. The molecule has 0 aliphatic heterocycles. The molecule has 6 heteroatoms. The second kappa shape index (κ2) is 5.14. The second-order valence-electron chi connectivity index (χ2n) is 3.80. The zero-order valence-corrected chi connectivity index (χ0v) is 11.0. The van der Waals surface area contributed by atoms with E-state index >= 15 is 0 Å². The van der Waals surface area contributed by atoms with Crippen LogP contribution in [0.15, 0.2) is 34.6 Å². The van der Waals surface area contributed by atoms with Crippen molar-refractivity contribution < 1.29 is 0 Å². The summed E-state index contributed by atoms with van der Waals surface area (Å²) in [5.41, 5.74) is 7.91. The monoisotopic (exact) mass is 259 g/mol. The van der Waals surface area contributed by atoms with Crippen molar-refractivity contribution in [3.05, 3.63) is 41.3 Å². The lowest BCUT2D eigenvalue weighted by Gasteiger charge is -2.07. The Balaban J connectivity index is 2.39. The number of hydrogen-bond donors (Lipinski definition) is 2. The van der Waals surface area contributed by atoms with Crippen LogP contribution in [-0.2, 0) is 0 Å². The van der Waals surface area contributed by atoms with Gasteiger partial charge in [-0.2, -0.15) is 0 Å². The average Bonchev–Trinajstić information content (AvgIpc) is 2.28. The molecule has 0 amide bonds. The maximum Gasteiger partial charge on any atom is 0.194 e. The SMILES string of the molecule is Cc1ccnc(Sc2nc(C)ccc2C(=N)N)n1. The van der Waals surface area contributed by atoms with Crippen molar-refractivity contribution in [2.75, 3.05) is 0 Å². The molecule has 0 fully saturated rings. The van der Waals surface area contributed by atoms with Gasteiger partial charge in [0.2, 0.25) is 0 Å². The molecule has 3 N–H and O–H groups in total. The predicted octanol–water partition coefficient (Wildman–Crippen LogP) is 1.92. The van der Waals surface area contributed by atoms with Gasteiger partial charge in [0.15, 0.2) is 5.16 Å². The van der Waals surface area contributed by atoms with Gasteiger partial charge in [0.1, 0.15) is 10.9 Å². The lowest BCUT2D eigenvalue weighted by Crippen LogP contribution is -2.13. The first kappa shape index (κ1) is 12.5. The highest BCUT2D eigenvalue weighted by atomic mass is 32.2. The summed E-state index contributed by atoms with van der Waals surface area (Å²) >= 11 is 1.32. The smallest absolute Gasteiger partial charge is 0.194 e. The number of pyridine rings is 1. The number of nitrogen functional groups attached to an aromatic ring is 1. The van der Waals surface area contributed by atoms with Crippen LogP contribution in [0.4, 0.5) is 0 Å². The van der Waals surface area contributed by atoms with Gasteiger partial charge in [-0.25, -0.2) is 15.0 Å². The fourth-order valence-electron chi connectivity index (χ4n) is 1.38. The first-order valence-corrected chi connectivity index (χ1v) is 6.17. The lowest BCUT2D eigenvalue weighted by molar-refractivity contribution is 0.924. The zero-order valence-electron chi connectivity index (χ0n) is 10.1. The Morgan fingerprint density at radius 3 is 2.56 bits per heavy atom. The highest BCUT2D eigenvalue weighted by Crippen LogP contribution is 2.26. The molecule has 18 heavy (non-hydrogen) atoms. The topological polar surface area (TPSA) is 88.5 Å². The maximum atomic E-state index is 7.54. The molecule has 0 aliphatic rings. The summed E-state index contributed by atoms with van der Waals surface area (Å²) in [6.07, 6.45) is 1.70. The standard InChI is InChI=1S/C12H13N5S/c1-7-3-4-9(10(13)14)11(16-7)18-12-15-6-5-8(2)17-12/h3-6H,1-2H3,(H3,13,14). The molecule has 0 aliphatic carbocycles. The number of aromatic nitrogens is 3. The number of aryl methyl sites for hydroxylation is 2. The molecule has 0 bridgehead atoms. The highest BCUT2D eigenvalue weighted by molar-refractivity contribution is 7.99. The summed E-state index contributed by atoms with van der Waals surface area (Å²) in [6.45, 7) is 3.80. The Morgan fingerprint density at radius 2 is 1.89 bits per heavy atom. The third kappa shape index (κ3) is 2.84. The van der Waals surface area contributed by atoms with Crippen LogP contribution in [0, 0.1) is 19.3 Å². The molecule has 2 heterocycles. The molecule has 2 rings (SSSR count). The first-order chi connectivity index (χ1) is 8.56. The van der Waals surface area contributed by atoms with Crippen LogP contribution >= 0.6 is 11.8 Å². The van der Waals surface area contributed by atoms with E-state index in [0.29, 0.717) is 15.7 Å². The van der Waals surface area contributed by atoms with Crippen molar-refractivity contribution in [1.82, 2.24) is 15.0 Å². The van der Waals surface area contributed by atoms with Crippen LogP contribution in [0.5, 0.6) is 0 Å². The molecular weight excluding hydrogens is 246 g/mol. The minimum absolute atomic E-state index is 0.00217. The van der Waals surface area contributed by atoms with E-state index in [0.717, 1.165) is 11.4 Å². The number of hydrogen-bond acceptors (Lipinski definition) is 5. The van der Waals surface area contributed by atoms with Crippen LogP contribution in [0.2, 0.25) is 0 Å². The predicted molar refractivity (Wildman–Crippen MR) is 70.9 cm³/mol. The summed E-state index contributed by atoms with van der Waals surface area (Å²) in [7, 11) is 0. The molecule has 0 saturated heterocycles. The van der Waals surface area contributed by atoms with Crippen LogP contribution in [-0.4, -0.2) is 20.8 Å². The normalized spacial score (nSPS) is 10.3. The number of rotatable bonds is 3. The van der Waals surface area contributed by atoms with Crippen LogP contribution in [0.1, 0.15) is 17.0 Å². The molecule has 2 aromatic rings. The van der Waals surface area contributed by atoms with Gasteiger partial charge in [0.05, 0.1) is 0 Å². The zero-order chi connectivity index (χ0) is 13.1. The Kier molecular flexibility index (Phi) is 3.57. The molecule has 5 nitrogen and oxygen atoms in total. The van der Waals surface area contributed by atoms with Crippen LogP contribution in [0.25, 0.3) is 0 Å². The molecule has 2 aromatic heterocycles. The first-order valence-electron chi connectivity index (χ1n) is 5.36. The number of nitrogens with two attached hydrogens (primary N) is 1. The lowest BCUT2D eigenvalue weighted by atomic mass is 10.2. The van der Waals surface area contributed by atoms with E-state index in [2.05, 4.69) is 15.0 Å². The molecule has 0 atom stereocenters. The molecule has 0 unspecified atom stereocenters.